The summed E-state index contributed by atoms with van der Waals surface area (Å²) >= 11 is 0. The number of carbonyl (C=O) groups is 1. The van der Waals surface area contributed by atoms with E-state index in [9.17, 15) is 4.79 Å². The number of benzene rings is 1. The van der Waals surface area contributed by atoms with Gasteiger partial charge < -0.3 is 9.80 Å². The van der Waals surface area contributed by atoms with Crippen molar-refractivity contribution in [2.75, 3.05) is 51.7 Å². The number of amides is 1. The molecule has 3 rings (SSSR count). The van der Waals surface area contributed by atoms with Crippen molar-refractivity contribution in [3.8, 4) is 0 Å². The van der Waals surface area contributed by atoms with Gasteiger partial charge in [-0.05, 0) is 77.0 Å². The van der Waals surface area contributed by atoms with Crippen molar-refractivity contribution in [1.82, 2.24) is 9.80 Å². The van der Waals surface area contributed by atoms with Gasteiger partial charge in [0.1, 0.15) is 0 Å². The first kappa shape index (κ1) is 16.5. The van der Waals surface area contributed by atoms with Gasteiger partial charge in [-0.25, -0.2) is 0 Å². The number of carbonyl (C=O) groups excluding carboxylic acids is 1. The number of hydrogen-bond acceptors (Lipinski definition) is 3. The maximum Gasteiger partial charge on any atom is 0.241 e. The third-order valence-electron chi connectivity index (χ3n) is 5.24. The summed E-state index contributed by atoms with van der Waals surface area (Å²) in [4.78, 5) is 19.2. The molecule has 1 aromatic carbocycles. The fourth-order valence-corrected chi connectivity index (χ4v) is 3.75. The average Bonchev–Trinajstić information content (AvgIpc) is 2.98. The van der Waals surface area contributed by atoms with Gasteiger partial charge in [-0.2, -0.15) is 0 Å². The van der Waals surface area contributed by atoms with Crippen molar-refractivity contribution in [3.63, 3.8) is 0 Å². The highest BCUT2D eigenvalue weighted by Crippen LogP contribution is 2.28. The summed E-state index contributed by atoms with van der Waals surface area (Å²) in [5.41, 5.74) is 2.43. The van der Waals surface area contributed by atoms with Gasteiger partial charge in [-0.1, -0.05) is 18.2 Å². The molecule has 23 heavy (non-hydrogen) atoms. The molecule has 0 N–H and O–H groups in total. The zero-order chi connectivity index (χ0) is 16.2. The molecule has 0 aromatic heterocycles. The SMILES string of the molecule is CN(C)CCC1CCN(CC(=O)N2CCc3ccccc32)CC1. The maximum absolute atomic E-state index is 12.7. The molecule has 0 aliphatic carbocycles. The lowest BCUT2D eigenvalue weighted by Gasteiger charge is -2.33. The van der Waals surface area contributed by atoms with Crippen LogP contribution in [-0.4, -0.2) is 62.5 Å². The zero-order valence-corrected chi connectivity index (χ0v) is 14.5. The predicted molar refractivity (Wildman–Crippen MR) is 94.8 cm³/mol. The Labute approximate surface area is 140 Å². The number of piperidine rings is 1. The van der Waals surface area contributed by atoms with Gasteiger partial charge >= 0.3 is 0 Å². The van der Waals surface area contributed by atoms with E-state index in [2.05, 4.69) is 42.1 Å². The quantitative estimate of drug-likeness (QED) is 0.834. The van der Waals surface area contributed by atoms with E-state index in [4.69, 9.17) is 0 Å². The first-order chi connectivity index (χ1) is 11.1. The van der Waals surface area contributed by atoms with Gasteiger partial charge in [0.2, 0.25) is 5.91 Å². The third kappa shape index (κ3) is 4.12. The Kier molecular flexibility index (Phi) is 5.34. The Morgan fingerprint density at radius 1 is 1.17 bits per heavy atom. The lowest BCUT2D eigenvalue weighted by atomic mass is 9.93. The molecule has 0 saturated carbocycles. The van der Waals surface area contributed by atoms with Crippen molar-refractivity contribution in [2.45, 2.75) is 25.7 Å². The number of likely N-dealkylation sites (tertiary alicyclic amines) is 1. The summed E-state index contributed by atoms with van der Waals surface area (Å²) in [5, 5.41) is 0. The molecule has 1 amide bonds. The van der Waals surface area contributed by atoms with Gasteiger partial charge in [-0.3, -0.25) is 9.69 Å². The molecule has 1 saturated heterocycles. The lowest BCUT2D eigenvalue weighted by Crippen LogP contribution is -2.43. The summed E-state index contributed by atoms with van der Waals surface area (Å²) in [6.45, 7) is 4.74. The van der Waals surface area contributed by atoms with E-state index in [0.717, 1.165) is 37.7 Å². The van der Waals surface area contributed by atoms with Crippen LogP contribution in [0.3, 0.4) is 0 Å². The van der Waals surface area contributed by atoms with Crippen molar-refractivity contribution in [1.29, 1.82) is 0 Å². The Hall–Kier alpha value is -1.39. The van der Waals surface area contributed by atoms with Crippen LogP contribution in [-0.2, 0) is 11.2 Å². The van der Waals surface area contributed by atoms with E-state index >= 15 is 0 Å². The molecule has 0 bridgehead atoms. The average molecular weight is 315 g/mol. The van der Waals surface area contributed by atoms with Crippen LogP contribution in [0.15, 0.2) is 24.3 Å². The van der Waals surface area contributed by atoms with Gasteiger partial charge in [-0.15, -0.1) is 0 Å². The van der Waals surface area contributed by atoms with Crippen molar-refractivity contribution < 1.29 is 4.79 Å². The highest BCUT2D eigenvalue weighted by molar-refractivity contribution is 5.96. The molecule has 0 atom stereocenters. The molecule has 126 valence electrons. The Morgan fingerprint density at radius 2 is 1.91 bits per heavy atom. The van der Waals surface area contributed by atoms with Crippen LogP contribution in [0.25, 0.3) is 0 Å². The summed E-state index contributed by atoms with van der Waals surface area (Å²) in [5.74, 6) is 1.10. The fraction of sp³-hybridized carbons (Fsp3) is 0.632. The van der Waals surface area contributed by atoms with Crippen molar-refractivity contribution in [3.05, 3.63) is 29.8 Å². The highest BCUT2D eigenvalue weighted by atomic mass is 16.2. The van der Waals surface area contributed by atoms with Crippen LogP contribution in [0.2, 0.25) is 0 Å². The number of anilines is 1. The van der Waals surface area contributed by atoms with Crippen molar-refractivity contribution in [2.24, 2.45) is 5.92 Å². The first-order valence-electron chi connectivity index (χ1n) is 8.89. The molecule has 0 radical (unpaired) electrons. The van der Waals surface area contributed by atoms with Gasteiger partial charge in [0.15, 0.2) is 0 Å². The number of para-hydroxylation sites is 1. The van der Waals surface area contributed by atoms with E-state index in [-0.39, 0.29) is 5.91 Å². The molecule has 1 fully saturated rings. The predicted octanol–water partition coefficient (Wildman–Crippen LogP) is 2.24. The first-order valence-corrected chi connectivity index (χ1v) is 8.89. The maximum atomic E-state index is 12.7. The van der Waals surface area contributed by atoms with Gasteiger partial charge in [0.05, 0.1) is 6.54 Å². The monoisotopic (exact) mass is 315 g/mol. The largest absolute Gasteiger partial charge is 0.311 e. The molecular weight excluding hydrogens is 286 g/mol. The second kappa shape index (κ2) is 7.45. The Balaban J connectivity index is 1.47. The zero-order valence-electron chi connectivity index (χ0n) is 14.5. The van der Waals surface area contributed by atoms with E-state index in [1.54, 1.807) is 0 Å². The molecule has 0 unspecified atom stereocenters. The molecule has 4 nitrogen and oxygen atoms in total. The van der Waals surface area contributed by atoms with Crippen LogP contribution in [0.5, 0.6) is 0 Å². The van der Waals surface area contributed by atoms with Gasteiger partial charge in [0, 0.05) is 12.2 Å². The number of fused-ring (bicyclic) bond motifs is 1. The molecule has 1 aromatic rings. The molecule has 4 heteroatoms. The van der Waals surface area contributed by atoms with E-state index in [1.807, 2.05) is 11.0 Å². The van der Waals surface area contributed by atoms with Crippen LogP contribution >= 0.6 is 0 Å². The normalized spacial score (nSPS) is 19.3. The summed E-state index contributed by atoms with van der Waals surface area (Å²) < 4.78 is 0. The molecule has 2 aliphatic rings. The number of nitrogens with zero attached hydrogens (tertiary/aromatic N) is 3. The summed E-state index contributed by atoms with van der Waals surface area (Å²) in [7, 11) is 4.28. The Morgan fingerprint density at radius 3 is 2.65 bits per heavy atom. The lowest BCUT2D eigenvalue weighted by molar-refractivity contribution is -0.120. The van der Waals surface area contributed by atoms with Gasteiger partial charge in [0.25, 0.3) is 0 Å². The minimum atomic E-state index is 0.265. The second-order valence-electron chi connectivity index (χ2n) is 7.24. The summed E-state index contributed by atoms with van der Waals surface area (Å²) in [6.07, 6.45) is 4.75. The van der Waals surface area contributed by atoms with Crippen LogP contribution in [0.4, 0.5) is 5.69 Å². The van der Waals surface area contributed by atoms with Crippen molar-refractivity contribution >= 4 is 11.6 Å². The molecule has 2 heterocycles. The number of rotatable bonds is 5. The molecular formula is C19H29N3O. The smallest absolute Gasteiger partial charge is 0.241 e. The minimum Gasteiger partial charge on any atom is -0.311 e. The standard InChI is InChI=1S/C19H29N3O/c1-20(2)11-7-16-8-12-21(13-9-16)15-19(23)22-14-10-17-5-3-4-6-18(17)22/h3-6,16H,7-15H2,1-2H3. The van der Waals surface area contributed by atoms with Crippen LogP contribution in [0.1, 0.15) is 24.8 Å². The molecule has 2 aliphatic heterocycles. The van der Waals surface area contributed by atoms with E-state index < -0.39 is 0 Å². The minimum absolute atomic E-state index is 0.265. The number of hydrogen-bond donors (Lipinski definition) is 0. The highest BCUT2D eigenvalue weighted by Gasteiger charge is 2.27. The van der Waals surface area contributed by atoms with E-state index in [1.165, 1.54) is 31.4 Å². The second-order valence-corrected chi connectivity index (χ2v) is 7.24. The Bertz CT molecular complexity index is 535. The van der Waals surface area contributed by atoms with E-state index in [0.29, 0.717) is 6.54 Å². The molecule has 0 spiro atoms. The topological polar surface area (TPSA) is 26.8 Å². The fourth-order valence-electron chi connectivity index (χ4n) is 3.75. The van der Waals surface area contributed by atoms with Crippen LogP contribution in [0, 0.1) is 5.92 Å². The summed E-state index contributed by atoms with van der Waals surface area (Å²) in [6, 6.07) is 8.30. The van der Waals surface area contributed by atoms with Crippen LogP contribution < -0.4 is 4.90 Å². The third-order valence-corrected chi connectivity index (χ3v) is 5.24.